The highest BCUT2D eigenvalue weighted by Gasteiger charge is 2.41. The molecule has 92 valence electrons. The van der Waals surface area contributed by atoms with E-state index in [1.165, 1.54) is 25.7 Å². The van der Waals surface area contributed by atoms with E-state index >= 15 is 0 Å². The number of benzene rings is 1. The third-order valence-electron chi connectivity index (χ3n) is 3.53. The van der Waals surface area contributed by atoms with Gasteiger partial charge in [0, 0.05) is 17.8 Å². The molecular weight excluding hydrogens is 212 g/mol. The van der Waals surface area contributed by atoms with Crippen molar-refractivity contribution in [2.45, 2.75) is 32.6 Å². The van der Waals surface area contributed by atoms with Crippen LogP contribution in [0.4, 0.5) is 5.69 Å². The molecule has 0 aliphatic heterocycles. The van der Waals surface area contributed by atoms with Gasteiger partial charge in [0.1, 0.15) is 0 Å². The molecule has 0 heterocycles. The summed E-state index contributed by atoms with van der Waals surface area (Å²) in [5.41, 5.74) is 7.36. The van der Waals surface area contributed by atoms with Gasteiger partial charge in [-0.05, 0) is 48.9 Å². The van der Waals surface area contributed by atoms with Crippen LogP contribution in [-0.2, 0) is 0 Å². The van der Waals surface area contributed by atoms with E-state index in [4.69, 9.17) is 5.73 Å². The van der Waals surface area contributed by atoms with Crippen LogP contribution in [0.5, 0.6) is 0 Å². The van der Waals surface area contributed by atoms with Gasteiger partial charge in [0.15, 0.2) is 0 Å². The lowest BCUT2D eigenvalue weighted by molar-refractivity contribution is 0.0944. The maximum absolute atomic E-state index is 11.9. The number of carbonyl (C=O) groups excluding carboxylic acids is 1. The van der Waals surface area contributed by atoms with Crippen LogP contribution >= 0.6 is 0 Å². The summed E-state index contributed by atoms with van der Waals surface area (Å²) in [5, 5.41) is 3.03. The van der Waals surface area contributed by atoms with E-state index in [9.17, 15) is 4.79 Å². The summed E-state index contributed by atoms with van der Waals surface area (Å²) >= 11 is 0. The smallest absolute Gasteiger partial charge is 0.251 e. The van der Waals surface area contributed by atoms with Gasteiger partial charge in [0.05, 0.1) is 0 Å². The van der Waals surface area contributed by atoms with Gasteiger partial charge >= 0.3 is 0 Å². The maximum Gasteiger partial charge on any atom is 0.251 e. The zero-order valence-corrected chi connectivity index (χ0v) is 10.3. The second kappa shape index (κ2) is 4.78. The fraction of sp³-hybridized carbons (Fsp3) is 0.500. The summed E-state index contributed by atoms with van der Waals surface area (Å²) in [4.78, 5) is 11.9. The Balaban J connectivity index is 1.87. The molecule has 2 rings (SSSR count). The molecule has 1 saturated carbocycles. The first-order chi connectivity index (χ1) is 8.15. The predicted octanol–water partition coefficient (Wildman–Crippen LogP) is 2.58. The average Bonchev–Trinajstić information content (AvgIpc) is 3.08. The quantitative estimate of drug-likeness (QED) is 0.767. The minimum atomic E-state index is 0.00683. The highest BCUT2D eigenvalue weighted by atomic mass is 16.1. The fourth-order valence-corrected chi connectivity index (χ4v) is 2.23. The summed E-state index contributed by atoms with van der Waals surface area (Å²) in [6, 6.07) is 7.05. The van der Waals surface area contributed by atoms with Crippen LogP contribution in [0.2, 0.25) is 0 Å². The van der Waals surface area contributed by atoms with E-state index in [0.717, 1.165) is 6.54 Å². The van der Waals surface area contributed by atoms with Crippen molar-refractivity contribution < 1.29 is 4.79 Å². The minimum Gasteiger partial charge on any atom is -0.399 e. The summed E-state index contributed by atoms with van der Waals surface area (Å²) in [6.45, 7) is 3.01. The SMILES string of the molecule is CCCC1(CNC(=O)c2ccc(N)cc2)CC1. The van der Waals surface area contributed by atoms with E-state index in [1.54, 1.807) is 24.3 Å². The Morgan fingerprint density at radius 1 is 1.35 bits per heavy atom. The van der Waals surface area contributed by atoms with Gasteiger partial charge in [-0.15, -0.1) is 0 Å². The highest BCUT2D eigenvalue weighted by molar-refractivity contribution is 5.94. The molecule has 1 amide bonds. The molecule has 3 heteroatoms. The van der Waals surface area contributed by atoms with E-state index in [1.807, 2.05) is 0 Å². The van der Waals surface area contributed by atoms with E-state index in [2.05, 4.69) is 12.2 Å². The molecule has 0 unspecified atom stereocenters. The van der Waals surface area contributed by atoms with Crippen molar-refractivity contribution in [3.63, 3.8) is 0 Å². The zero-order chi connectivity index (χ0) is 12.3. The molecule has 0 bridgehead atoms. The Morgan fingerprint density at radius 3 is 2.53 bits per heavy atom. The number of nitrogen functional groups attached to an aromatic ring is 1. The number of hydrogen-bond donors (Lipinski definition) is 2. The molecule has 1 aliphatic rings. The Labute approximate surface area is 102 Å². The van der Waals surface area contributed by atoms with Crippen molar-refractivity contribution >= 4 is 11.6 Å². The Kier molecular flexibility index (Phi) is 3.36. The van der Waals surface area contributed by atoms with Gasteiger partial charge in [0.2, 0.25) is 0 Å². The standard InChI is InChI=1S/C14H20N2O/c1-2-7-14(8-9-14)10-16-13(17)11-3-5-12(15)6-4-11/h3-6H,2,7-10,15H2,1H3,(H,16,17). The normalized spacial score (nSPS) is 16.5. The largest absolute Gasteiger partial charge is 0.399 e. The summed E-state index contributed by atoms with van der Waals surface area (Å²) in [5.74, 6) is 0.00683. The van der Waals surface area contributed by atoms with E-state index < -0.39 is 0 Å². The predicted molar refractivity (Wildman–Crippen MR) is 69.8 cm³/mol. The van der Waals surface area contributed by atoms with Gasteiger partial charge in [-0.2, -0.15) is 0 Å². The van der Waals surface area contributed by atoms with Gasteiger partial charge < -0.3 is 11.1 Å². The van der Waals surface area contributed by atoms with Crippen molar-refractivity contribution in [3.8, 4) is 0 Å². The Hall–Kier alpha value is -1.51. The maximum atomic E-state index is 11.9. The topological polar surface area (TPSA) is 55.1 Å². The molecule has 0 aromatic heterocycles. The molecule has 0 radical (unpaired) electrons. The van der Waals surface area contributed by atoms with Crippen LogP contribution < -0.4 is 11.1 Å². The molecule has 17 heavy (non-hydrogen) atoms. The van der Waals surface area contributed by atoms with Crippen molar-refractivity contribution in [2.75, 3.05) is 12.3 Å². The van der Waals surface area contributed by atoms with Crippen LogP contribution in [0.3, 0.4) is 0 Å². The van der Waals surface area contributed by atoms with Crippen molar-refractivity contribution in [3.05, 3.63) is 29.8 Å². The van der Waals surface area contributed by atoms with Crippen LogP contribution in [0, 0.1) is 5.41 Å². The van der Waals surface area contributed by atoms with Gasteiger partial charge in [-0.1, -0.05) is 13.3 Å². The summed E-state index contributed by atoms with van der Waals surface area (Å²) < 4.78 is 0. The van der Waals surface area contributed by atoms with Gasteiger partial charge in [0.25, 0.3) is 5.91 Å². The minimum absolute atomic E-state index is 0.00683. The lowest BCUT2D eigenvalue weighted by atomic mass is 10.0. The monoisotopic (exact) mass is 232 g/mol. The van der Waals surface area contributed by atoms with Crippen molar-refractivity contribution in [1.29, 1.82) is 0 Å². The lowest BCUT2D eigenvalue weighted by Gasteiger charge is -2.14. The van der Waals surface area contributed by atoms with Crippen LogP contribution in [0.1, 0.15) is 43.0 Å². The number of nitrogens with one attached hydrogen (secondary N) is 1. The average molecular weight is 232 g/mol. The number of hydrogen-bond acceptors (Lipinski definition) is 2. The zero-order valence-electron chi connectivity index (χ0n) is 10.3. The van der Waals surface area contributed by atoms with E-state index in [-0.39, 0.29) is 5.91 Å². The van der Waals surface area contributed by atoms with Gasteiger partial charge in [-0.3, -0.25) is 4.79 Å². The molecule has 1 aliphatic carbocycles. The third-order valence-corrected chi connectivity index (χ3v) is 3.53. The highest BCUT2D eigenvalue weighted by Crippen LogP contribution is 2.48. The van der Waals surface area contributed by atoms with Crippen LogP contribution in [-0.4, -0.2) is 12.5 Å². The molecule has 3 N–H and O–H groups in total. The summed E-state index contributed by atoms with van der Waals surface area (Å²) in [6.07, 6.45) is 4.92. The molecule has 1 aromatic carbocycles. The second-order valence-corrected chi connectivity index (χ2v) is 5.05. The fourth-order valence-electron chi connectivity index (χ4n) is 2.23. The molecule has 1 fully saturated rings. The molecular formula is C14H20N2O. The molecule has 3 nitrogen and oxygen atoms in total. The molecule has 1 aromatic rings. The van der Waals surface area contributed by atoms with Gasteiger partial charge in [-0.25, -0.2) is 0 Å². The van der Waals surface area contributed by atoms with Crippen molar-refractivity contribution in [2.24, 2.45) is 5.41 Å². The third kappa shape index (κ3) is 2.99. The number of anilines is 1. The molecule has 0 spiro atoms. The van der Waals surface area contributed by atoms with Crippen LogP contribution in [0.15, 0.2) is 24.3 Å². The number of nitrogens with two attached hydrogens (primary N) is 1. The Morgan fingerprint density at radius 2 is 2.00 bits per heavy atom. The number of carbonyl (C=O) groups is 1. The number of rotatable bonds is 5. The lowest BCUT2D eigenvalue weighted by Crippen LogP contribution is -2.30. The molecule has 0 saturated heterocycles. The first kappa shape index (κ1) is 12.0. The second-order valence-electron chi connectivity index (χ2n) is 5.05. The number of amides is 1. The first-order valence-electron chi connectivity index (χ1n) is 6.29. The molecule has 0 atom stereocenters. The van der Waals surface area contributed by atoms with Crippen molar-refractivity contribution in [1.82, 2.24) is 5.32 Å². The summed E-state index contributed by atoms with van der Waals surface area (Å²) in [7, 11) is 0. The van der Waals surface area contributed by atoms with E-state index in [0.29, 0.717) is 16.7 Å². The first-order valence-corrected chi connectivity index (χ1v) is 6.29. The Bertz CT molecular complexity index is 393. The van der Waals surface area contributed by atoms with Crippen LogP contribution in [0.25, 0.3) is 0 Å².